The third kappa shape index (κ3) is 4.55. The second-order valence-corrected chi connectivity index (χ2v) is 7.25. The van der Waals surface area contributed by atoms with Gasteiger partial charge in [0.2, 0.25) is 5.91 Å². The fourth-order valence-corrected chi connectivity index (χ4v) is 3.04. The number of hydrogen-bond donors (Lipinski definition) is 2. The standard InChI is InChI=1S/C20H19N7O4/c1-12(21-20(29)14-5-3-7-17(11-14)27(30)31)19(28)22-15-6-2-4-13(10-15)18-23-24-25-26(18)16-8-9-16/h2-7,10-12,16H,8-9H2,1H3,(H,21,29)(H,22,28). The van der Waals surface area contributed by atoms with Crippen LogP contribution in [0.3, 0.4) is 0 Å². The largest absolute Gasteiger partial charge is 0.341 e. The van der Waals surface area contributed by atoms with Crippen LogP contribution in [0.25, 0.3) is 11.4 Å². The van der Waals surface area contributed by atoms with Crippen molar-refractivity contribution in [1.29, 1.82) is 0 Å². The van der Waals surface area contributed by atoms with Crippen molar-refractivity contribution in [3.8, 4) is 11.4 Å². The first-order chi connectivity index (χ1) is 14.9. The molecule has 1 aliphatic rings. The van der Waals surface area contributed by atoms with Gasteiger partial charge >= 0.3 is 0 Å². The molecule has 0 aliphatic heterocycles. The summed E-state index contributed by atoms with van der Waals surface area (Å²) in [6.07, 6.45) is 2.08. The van der Waals surface area contributed by atoms with Gasteiger partial charge in [-0.25, -0.2) is 4.68 Å². The van der Waals surface area contributed by atoms with E-state index in [-0.39, 0.29) is 11.3 Å². The van der Waals surface area contributed by atoms with Gasteiger partial charge < -0.3 is 10.6 Å². The number of carbonyl (C=O) groups excluding carboxylic acids is 2. The summed E-state index contributed by atoms with van der Waals surface area (Å²) in [7, 11) is 0. The fourth-order valence-electron chi connectivity index (χ4n) is 3.04. The van der Waals surface area contributed by atoms with Crippen molar-refractivity contribution in [2.45, 2.75) is 31.8 Å². The van der Waals surface area contributed by atoms with Crippen molar-refractivity contribution in [1.82, 2.24) is 25.5 Å². The van der Waals surface area contributed by atoms with Crippen LogP contribution in [-0.2, 0) is 4.79 Å². The highest BCUT2D eigenvalue weighted by Crippen LogP contribution is 2.36. The van der Waals surface area contributed by atoms with E-state index in [0.29, 0.717) is 17.6 Å². The zero-order valence-electron chi connectivity index (χ0n) is 16.6. The number of benzene rings is 2. The summed E-state index contributed by atoms with van der Waals surface area (Å²) < 4.78 is 1.78. The lowest BCUT2D eigenvalue weighted by molar-refractivity contribution is -0.384. The second-order valence-electron chi connectivity index (χ2n) is 7.25. The van der Waals surface area contributed by atoms with E-state index in [1.54, 1.807) is 22.9 Å². The van der Waals surface area contributed by atoms with Gasteiger partial charge in [-0.2, -0.15) is 0 Å². The summed E-state index contributed by atoms with van der Waals surface area (Å²) in [5.41, 5.74) is 1.20. The van der Waals surface area contributed by atoms with Gasteiger partial charge in [-0.3, -0.25) is 19.7 Å². The molecule has 0 radical (unpaired) electrons. The molecule has 4 rings (SSSR count). The predicted molar refractivity (Wildman–Crippen MR) is 110 cm³/mol. The van der Waals surface area contributed by atoms with Crippen LogP contribution in [0.2, 0.25) is 0 Å². The zero-order valence-corrected chi connectivity index (χ0v) is 16.6. The Hall–Kier alpha value is -4.15. The lowest BCUT2D eigenvalue weighted by Gasteiger charge is -2.14. The Morgan fingerprint density at radius 3 is 2.71 bits per heavy atom. The molecule has 1 aliphatic carbocycles. The molecule has 2 N–H and O–H groups in total. The third-order valence-corrected chi connectivity index (χ3v) is 4.83. The van der Waals surface area contributed by atoms with Gasteiger partial charge in [0.05, 0.1) is 11.0 Å². The number of amides is 2. The van der Waals surface area contributed by atoms with E-state index in [1.165, 1.54) is 25.1 Å². The van der Waals surface area contributed by atoms with E-state index in [1.807, 2.05) is 6.07 Å². The van der Waals surface area contributed by atoms with E-state index in [4.69, 9.17) is 0 Å². The maximum atomic E-state index is 12.6. The molecular formula is C20H19N7O4. The molecule has 0 bridgehead atoms. The van der Waals surface area contributed by atoms with Crippen molar-refractivity contribution in [3.05, 3.63) is 64.2 Å². The zero-order chi connectivity index (χ0) is 22.0. The van der Waals surface area contributed by atoms with Gasteiger partial charge in [-0.15, -0.1) is 5.10 Å². The van der Waals surface area contributed by atoms with Crippen molar-refractivity contribution in [2.75, 3.05) is 5.32 Å². The molecule has 2 aromatic carbocycles. The normalized spacial score (nSPS) is 14.0. The van der Waals surface area contributed by atoms with Crippen molar-refractivity contribution < 1.29 is 14.5 Å². The average Bonchev–Trinajstić information content (AvgIpc) is 3.50. The SMILES string of the molecule is CC(NC(=O)c1cccc([N+](=O)[O-])c1)C(=O)Nc1cccc(-c2nnnn2C2CC2)c1. The molecule has 11 heteroatoms. The van der Waals surface area contributed by atoms with E-state index >= 15 is 0 Å². The molecule has 3 aromatic rings. The number of aromatic nitrogens is 4. The first kappa shape index (κ1) is 20.1. The number of nitro groups is 1. The third-order valence-electron chi connectivity index (χ3n) is 4.83. The molecule has 1 unspecified atom stereocenters. The number of tetrazole rings is 1. The van der Waals surface area contributed by atoms with E-state index in [2.05, 4.69) is 26.2 Å². The summed E-state index contributed by atoms with van der Waals surface area (Å²) in [5, 5.41) is 28.0. The predicted octanol–water partition coefficient (Wildman–Crippen LogP) is 2.34. The monoisotopic (exact) mass is 421 g/mol. The van der Waals surface area contributed by atoms with Crippen LogP contribution in [-0.4, -0.2) is 43.0 Å². The lowest BCUT2D eigenvalue weighted by Crippen LogP contribution is -2.41. The number of nitrogens with zero attached hydrogens (tertiary/aromatic N) is 5. The topological polar surface area (TPSA) is 145 Å². The van der Waals surface area contributed by atoms with Crippen LogP contribution in [0.1, 0.15) is 36.2 Å². The number of rotatable bonds is 7. The fraction of sp³-hybridized carbons (Fsp3) is 0.250. The van der Waals surface area contributed by atoms with Crippen molar-refractivity contribution in [2.24, 2.45) is 0 Å². The molecule has 1 aromatic heterocycles. The van der Waals surface area contributed by atoms with Gasteiger partial charge in [0, 0.05) is 28.9 Å². The van der Waals surface area contributed by atoms with E-state index in [0.717, 1.165) is 24.5 Å². The minimum absolute atomic E-state index is 0.0998. The molecule has 0 saturated heterocycles. The summed E-state index contributed by atoms with van der Waals surface area (Å²) >= 11 is 0. The molecule has 0 spiro atoms. The van der Waals surface area contributed by atoms with Crippen LogP contribution >= 0.6 is 0 Å². The van der Waals surface area contributed by atoms with Gasteiger partial charge in [-0.05, 0) is 48.4 Å². The van der Waals surface area contributed by atoms with Crippen molar-refractivity contribution >= 4 is 23.2 Å². The van der Waals surface area contributed by atoms with Gasteiger partial charge in [-0.1, -0.05) is 18.2 Å². The number of nitrogens with one attached hydrogen (secondary N) is 2. The molecule has 1 saturated carbocycles. The lowest BCUT2D eigenvalue weighted by atomic mass is 10.1. The van der Waals surface area contributed by atoms with Crippen LogP contribution in [0.4, 0.5) is 11.4 Å². The molecule has 158 valence electrons. The average molecular weight is 421 g/mol. The molecule has 1 fully saturated rings. The Morgan fingerprint density at radius 1 is 1.19 bits per heavy atom. The number of carbonyl (C=O) groups is 2. The smallest absolute Gasteiger partial charge is 0.270 e. The van der Waals surface area contributed by atoms with E-state index in [9.17, 15) is 19.7 Å². The minimum Gasteiger partial charge on any atom is -0.341 e. The Morgan fingerprint density at radius 2 is 1.97 bits per heavy atom. The highest BCUT2D eigenvalue weighted by atomic mass is 16.6. The molecular weight excluding hydrogens is 402 g/mol. The quantitative estimate of drug-likeness (QED) is 0.440. The molecule has 1 heterocycles. The summed E-state index contributed by atoms with van der Waals surface area (Å²) in [6.45, 7) is 1.53. The first-order valence-electron chi connectivity index (χ1n) is 9.67. The molecule has 2 amide bonds. The molecule has 11 nitrogen and oxygen atoms in total. The van der Waals surface area contributed by atoms with Crippen LogP contribution in [0.5, 0.6) is 0 Å². The second kappa shape index (κ2) is 8.30. The van der Waals surface area contributed by atoms with Crippen molar-refractivity contribution in [3.63, 3.8) is 0 Å². The number of hydrogen-bond acceptors (Lipinski definition) is 7. The van der Waals surface area contributed by atoms with Crippen LogP contribution in [0, 0.1) is 10.1 Å². The van der Waals surface area contributed by atoms with Crippen LogP contribution in [0.15, 0.2) is 48.5 Å². The van der Waals surface area contributed by atoms with Gasteiger partial charge in [0.25, 0.3) is 11.6 Å². The minimum atomic E-state index is -0.868. The van der Waals surface area contributed by atoms with Crippen LogP contribution < -0.4 is 10.6 Å². The Kier molecular flexibility index (Phi) is 5.39. The number of non-ortho nitro benzene ring substituents is 1. The summed E-state index contributed by atoms with van der Waals surface area (Å²) in [4.78, 5) is 35.2. The number of nitro benzene ring substituents is 1. The highest BCUT2D eigenvalue weighted by molar-refractivity contribution is 6.01. The first-order valence-corrected chi connectivity index (χ1v) is 9.67. The molecule has 1 atom stereocenters. The highest BCUT2D eigenvalue weighted by Gasteiger charge is 2.28. The summed E-state index contributed by atoms with van der Waals surface area (Å²) in [5.74, 6) is -0.382. The van der Waals surface area contributed by atoms with E-state index < -0.39 is 22.8 Å². The Labute approximate surface area is 176 Å². The Bertz CT molecular complexity index is 1160. The maximum Gasteiger partial charge on any atom is 0.270 e. The number of anilines is 1. The summed E-state index contributed by atoms with van der Waals surface area (Å²) in [6, 6.07) is 11.9. The maximum absolute atomic E-state index is 12.6. The molecule has 31 heavy (non-hydrogen) atoms. The van der Waals surface area contributed by atoms with Gasteiger partial charge in [0.15, 0.2) is 5.82 Å². The van der Waals surface area contributed by atoms with Gasteiger partial charge in [0.1, 0.15) is 6.04 Å². The Balaban J connectivity index is 1.42.